The number of rotatable bonds is 5. The highest BCUT2D eigenvalue weighted by atomic mass is 32.2. The third kappa shape index (κ3) is 4.73. The summed E-state index contributed by atoms with van der Waals surface area (Å²) in [4.78, 5) is 20.4. The number of hydrogen-bond acceptors (Lipinski definition) is 5. The van der Waals surface area contributed by atoms with Crippen molar-refractivity contribution < 1.29 is 13.6 Å². The van der Waals surface area contributed by atoms with E-state index in [9.17, 15) is 13.6 Å². The number of aryl methyl sites for hydroxylation is 2. The number of amides is 1. The molecule has 0 aliphatic heterocycles. The Morgan fingerprint density at radius 2 is 1.96 bits per heavy atom. The van der Waals surface area contributed by atoms with Gasteiger partial charge < -0.3 is 5.32 Å². The fourth-order valence-electron chi connectivity index (χ4n) is 2.01. The van der Waals surface area contributed by atoms with Crippen molar-refractivity contribution in [2.24, 2.45) is 0 Å². The number of carbonyl (C=O) groups excluding carboxylic acids is 1. The van der Waals surface area contributed by atoms with Crippen molar-refractivity contribution in [2.75, 3.05) is 5.75 Å². The first-order valence-electron chi connectivity index (χ1n) is 6.98. The molecule has 1 aromatic carbocycles. The van der Waals surface area contributed by atoms with Gasteiger partial charge in [-0.25, -0.2) is 18.7 Å². The van der Waals surface area contributed by atoms with Crippen molar-refractivity contribution >= 4 is 17.7 Å². The molecule has 2 aromatic rings. The second-order valence-electron chi connectivity index (χ2n) is 5.02. The Balaban J connectivity index is 2.01. The lowest BCUT2D eigenvalue weighted by Crippen LogP contribution is -2.29. The summed E-state index contributed by atoms with van der Waals surface area (Å²) in [7, 11) is 0. The second-order valence-corrected chi connectivity index (χ2v) is 5.96. The van der Waals surface area contributed by atoms with Gasteiger partial charge in [0.15, 0.2) is 5.16 Å². The van der Waals surface area contributed by atoms with Gasteiger partial charge in [0.05, 0.1) is 11.8 Å². The molecule has 0 saturated carbocycles. The minimum Gasteiger partial charge on any atom is -0.336 e. The maximum Gasteiger partial charge on any atom is 0.231 e. The van der Waals surface area contributed by atoms with Crippen molar-refractivity contribution in [3.8, 4) is 6.07 Å². The zero-order valence-electron chi connectivity index (χ0n) is 13.0. The van der Waals surface area contributed by atoms with Crippen LogP contribution >= 0.6 is 11.8 Å². The van der Waals surface area contributed by atoms with E-state index < -0.39 is 23.6 Å². The van der Waals surface area contributed by atoms with Crippen LogP contribution < -0.4 is 5.32 Å². The van der Waals surface area contributed by atoms with Crippen molar-refractivity contribution in [2.45, 2.75) is 25.0 Å². The molecule has 0 bridgehead atoms. The van der Waals surface area contributed by atoms with E-state index in [1.807, 2.05) is 19.9 Å². The Labute approximate surface area is 142 Å². The minimum atomic E-state index is -1.20. The van der Waals surface area contributed by atoms with Gasteiger partial charge in [0.2, 0.25) is 5.91 Å². The van der Waals surface area contributed by atoms with Crippen LogP contribution in [0, 0.1) is 36.8 Å². The summed E-state index contributed by atoms with van der Waals surface area (Å²) in [5.74, 6) is -2.13. The van der Waals surface area contributed by atoms with E-state index in [1.54, 1.807) is 6.07 Å². The SMILES string of the molecule is Cc1cc(C)nc(SCC(=O)NC(C#N)c2ccc(F)cc2F)n1. The van der Waals surface area contributed by atoms with Gasteiger partial charge in [-0.2, -0.15) is 5.26 Å². The summed E-state index contributed by atoms with van der Waals surface area (Å²) < 4.78 is 26.6. The molecule has 0 aliphatic carbocycles. The Kier molecular flexibility index (Phi) is 5.82. The minimum absolute atomic E-state index is 0.0239. The van der Waals surface area contributed by atoms with E-state index in [-0.39, 0.29) is 11.3 Å². The molecule has 124 valence electrons. The summed E-state index contributed by atoms with van der Waals surface area (Å²) in [5, 5.41) is 12.0. The molecule has 5 nitrogen and oxygen atoms in total. The Morgan fingerprint density at radius 3 is 2.54 bits per heavy atom. The van der Waals surface area contributed by atoms with Crippen LogP contribution in [0.5, 0.6) is 0 Å². The highest BCUT2D eigenvalue weighted by Crippen LogP contribution is 2.19. The van der Waals surface area contributed by atoms with Crippen molar-refractivity contribution in [1.29, 1.82) is 5.26 Å². The first-order chi connectivity index (χ1) is 11.4. The van der Waals surface area contributed by atoms with E-state index in [4.69, 9.17) is 5.26 Å². The average Bonchev–Trinajstić information content (AvgIpc) is 2.50. The highest BCUT2D eigenvalue weighted by Gasteiger charge is 2.18. The summed E-state index contributed by atoms with van der Waals surface area (Å²) in [6.45, 7) is 3.64. The van der Waals surface area contributed by atoms with E-state index in [0.717, 1.165) is 35.3 Å². The van der Waals surface area contributed by atoms with Gasteiger partial charge in [-0.3, -0.25) is 4.79 Å². The van der Waals surface area contributed by atoms with Crippen LogP contribution in [0.2, 0.25) is 0 Å². The molecule has 24 heavy (non-hydrogen) atoms. The third-order valence-electron chi connectivity index (χ3n) is 3.00. The number of thioether (sulfide) groups is 1. The summed E-state index contributed by atoms with van der Waals surface area (Å²) in [6.07, 6.45) is 0. The summed E-state index contributed by atoms with van der Waals surface area (Å²) >= 11 is 1.11. The third-order valence-corrected chi connectivity index (χ3v) is 3.85. The monoisotopic (exact) mass is 348 g/mol. The molecular weight excluding hydrogens is 334 g/mol. The van der Waals surface area contributed by atoms with Crippen molar-refractivity contribution in [1.82, 2.24) is 15.3 Å². The largest absolute Gasteiger partial charge is 0.336 e. The van der Waals surface area contributed by atoms with Crippen LogP contribution in [-0.2, 0) is 4.79 Å². The first-order valence-corrected chi connectivity index (χ1v) is 7.96. The molecule has 0 saturated heterocycles. The smallest absolute Gasteiger partial charge is 0.231 e. The normalized spacial score (nSPS) is 11.6. The lowest BCUT2D eigenvalue weighted by Gasteiger charge is -2.12. The lowest BCUT2D eigenvalue weighted by atomic mass is 10.1. The molecule has 8 heteroatoms. The lowest BCUT2D eigenvalue weighted by molar-refractivity contribution is -0.118. The number of nitriles is 1. The fourth-order valence-corrected chi connectivity index (χ4v) is 2.77. The van der Waals surface area contributed by atoms with Gasteiger partial charge in [-0.1, -0.05) is 17.8 Å². The molecule has 0 spiro atoms. The molecular formula is C16H14F2N4OS. The predicted molar refractivity (Wildman–Crippen MR) is 85.1 cm³/mol. The van der Waals surface area contributed by atoms with E-state index in [0.29, 0.717) is 11.2 Å². The Morgan fingerprint density at radius 1 is 1.29 bits per heavy atom. The molecule has 1 unspecified atom stereocenters. The van der Waals surface area contributed by atoms with Gasteiger partial charge in [-0.15, -0.1) is 0 Å². The van der Waals surface area contributed by atoms with Crippen LogP contribution in [0.1, 0.15) is 23.0 Å². The van der Waals surface area contributed by atoms with Crippen molar-refractivity contribution in [3.63, 3.8) is 0 Å². The summed E-state index contributed by atoms with van der Waals surface area (Å²) in [6, 6.07) is 5.25. The maximum atomic E-state index is 13.7. The van der Waals surface area contributed by atoms with Gasteiger partial charge in [0.1, 0.15) is 17.7 Å². The standard InChI is InChI=1S/C16H14F2N4OS/c1-9-5-10(2)21-16(20-9)24-8-15(23)22-14(7-19)12-4-3-11(17)6-13(12)18/h3-6,14H,8H2,1-2H3,(H,22,23). The van der Waals surface area contributed by atoms with Crippen LogP contribution in [0.15, 0.2) is 29.4 Å². The number of halogens is 2. The zero-order valence-corrected chi connectivity index (χ0v) is 13.8. The van der Waals surface area contributed by atoms with Crippen LogP contribution in [-0.4, -0.2) is 21.6 Å². The molecule has 1 N–H and O–H groups in total. The summed E-state index contributed by atoms with van der Waals surface area (Å²) in [5.41, 5.74) is 1.49. The average molecular weight is 348 g/mol. The maximum absolute atomic E-state index is 13.7. The van der Waals surface area contributed by atoms with Gasteiger partial charge in [0.25, 0.3) is 0 Å². The number of nitrogens with one attached hydrogen (secondary N) is 1. The Hall–Kier alpha value is -2.53. The number of carbonyl (C=O) groups is 1. The highest BCUT2D eigenvalue weighted by molar-refractivity contribution is 7.99. The molecule has 0 aliphatic rings. The fraction of sp³-hybridized carbons (Fsp3) is 0.250. The van der Waals surface area contributed by atoms with E-state index in [2.05, 4.69) is 15.3 Å². The number of benzene rings is 1. The van der Waals surface area contributed by atoms with Crippen LogP contribution in [0.4, 0.5) is 8.78 Å². The van der Waals surface area contributed by atoms with Crippen LogP contribution in [0.25, 0.3) is 0 Å². The second kappa shape index (κ2) is 7.84. The van der Waals surface area contributed by atoms with E-state index in [1.165, 1.54) is 0 Å². The molecule has 0 radical (unpaired) electrons. The molecule has 0 fully saturated rings. The van der Waals surface area contributed by atoms with Crippen LogP contribution in [0.3, 0.4) is 0 Å². The van der Waals surface area contributed by atoms with Crippen molar-refractivity contribution in [3.05, 3.63) is 52.9 Å². The first kappa shape index (κ1) is 17.8. The van der Waals surface area contributed by atoms with Gasteiger partial charge in [-0.05, 0) is 26.0 Å². The number of hydrogen-bond donors (Lipinski definition) is 1. The number of nitrogens with zero attached hydrogens (tertiary/aromatic N) is 3. The number of aromatic nitrogens is 2. The van der Waals surface area contributed by atoms with Gasteiger partial charge >= 0.3 is 0 Å². The van der Waals surface area contributed by atoms with Gasteiger partial charge in [0, 0.05) is 23.0 Å². The molecule has 1 aromatic heterocycles. The topological polar surface area (TPSA) is 78.7 Å². The van der Waals surface area contributed by atoms with E-state index >= 15 is 0 Å². The molecule has 2 rings (SSSR count). The molecule has 1 atom stereocenters. The molecule has 1 heterocycles. The quantitative estimate of drug-likeness (QED) is 0.664. The molecule has 1 amide bonds. The predicted octanol–water partition coefficient (Wildman–Crippen LogP) is 2.84. The zero-order chi connectivity index (χ0) is 17.7. The Bertz CT molecular complexity index is 787.